The van der Waals surface area contributed by atoms with Gasteiger partial charge in [0.15, 0.2) is 0 Å². The summed E-state index contributed by atoms with van der Waals surface area (Å²) in [5, 5.41) is 0. The Morgan fingerprint density at radius 3 is 2.62 bits per heavy atom. The Labute approximate surface area is 243 Å². The maximum atomic E-state index is 13.8. The van der Waals surface area contributed by atoms with E-state index in [0.29, 0.717) is 30.6 Å². The molecule has 0 saturated carbocycles. The van der Waals surface area contributed by atoms with Crippen LogP contribution in [0, 0.1) is 18.3 Å². The van der Waals surface area contributed by atoms with Gasteiger partial charge in [-0.2, -0.15) is 0 Å². The molecule has 0 radical (unpaired) electrons. The van der Waals surface area contributed by atoms with Crippen LogP contribution in [0.4, 0.5) is 0 Å². The number of rotatable bonds is 12. The summed E-state index contributed by atoms with van der Waals surface area (Å²) in [5.41, 5.74) is 4.80. The second kappa shape index (κ2) is 14.1. The highest BCUT2D eigenvalue weighted by atomic mass is 16.5. The Bertz CT molecular complexity index is 1090. The first-order valence-corrected chi connectivity index (χ1v) is 15.9. The fourth-order valence-electron chi connectivity index (χ4n) is 6.92. The summed E-state index contributed by atoms with van der Waals surface area (Å²) in [7, 11) is 0. The fraction of sp³-hybridized carbons (Fsp3) is 0.686. The lowest BCUT2D eigenvalue weighted by molar-refractivity contribution is 0.0449. The molecule has 0 amide bonds. The van der Waals surface area contributed by atoms with Crippen molar-refractivity contribution in [2.75, 3.05) is 45.9 Å². The average Bonchev–Trinajstić information content (AvgIpc) is 2.93. The lowest BCUT2D eigenvalue weighted by atomic mass is 9.79. The smallest absolute Gasteiger partial charge is 0.338 e. The van der Waals surface area contributed by atoms with Crippen LogP contribution in [0.3, 0.4) is 0 Å². The van der Waals surface area contributed by atoms with E-state index in [1.54, 1.807) is 0 Å². The number of esters is 1. The monoisotopic (exact) mass is 548 g/mol. The summed E-state index contributed by atoms with van der Waals surface area (Å²) in [6, 6.07) is 4.31. The van der Waals surface area contributed by atoms with Crippen molar-refractivity contribution >= 4 is 11.5 Å². The topological polar surface area (TPSA) is 42.0 Å². The highest BCUT2D eigenvalue weighted by Crippen LogP contribution is 2.47. The van der Waals surface area contributed by atoms with Gasteiger partial charge in [-0.25, -0.2) is 4.79 Å². The van der Waals surface area contributed by atoms with Crippen molar-refractivity contribution in [1.82, 2.24) is 9.80 Å². The number of nitrogens with zero attached hydrogens (tertiary/aromatic N) is 2. The summed E-state index contributed by atoms with van der Waals surface area (Å²) >= 11 is 0. The maximum Gasteiger partial charge on any atom is 0.338 e. The van der Waals surface area contributed by atoms with E-state index in [1.807, 2.05) is 0 Å². The lowest BCUT2D eigenvalue weighted by Crippen LogP contribution is -2.42. The van der Waals surface area contributed by atoms with Crippen molar-refractivity contribution in [1.29, 1.82) is 0 Å². The van der Waals surface area contributed by atoms with Crippen molar-refractivity contribution in [3.05, 3.63) is 34.4 Å². The Kier molecular flexibility index (Phi) is 10.8. The van der Waals surface area contributed by atoms with Gasteiger partial charge in [-0.05, 0) is 93.3 Å². The maximum absolute atomic E-state index is 13.8. The Morgan fingerprint density at radius 2 is 1.90 bits per heavy atom. The molecule has 0 aromatic heterocycles. The number of hydrogen-bond acceptors (Lipinski definition) is 5. The second-order valence-electron chi connectivity index (χ2n) is 13.0. The number of ether oxygens (including phenoxy) is 2. The Morgan fingerprint density at radius 1 is 1.12 bits per heavy atom. The van der Waals surface area contributed by atoms with E-state index in [9.17, 15) is 4.79 Å². The summed E-state index contributed by atoms with van der Waals surface area (Å²) in [5.74, 6) is 4.36. The van der Waals surface area contributed by atoms with E-state index in [1.165, 1.54) is 61.7 Å². The van der Waals surface area contributed by atoms with Crippen molar-refractivity contribution in [3.8, 4) is 18.1 Å². The second-order valence-corrected chi connectivity index (χ2v) is 13.0. The van der Waals surface area contributed by atoms with E-state index in [-0.39, 0.29) is 5.97 Å². The standard InChI is InChI=1S/C35H52N2O3/c1-7-9-11-14-26(3)22-27(4)28-23-29(34(38)39-21-20-36-17-12-10-13-18-36)33-30-25-37(16-8-2)19-15-31(30)35(5,6)40-32(33)24-28/h2,23-24,26-27H,7,9-22,25H2,1,3-6H3. The van der Waals surface area contributed by atoms with Crippen LogP contribution in [0.15, 0.2) is 17.7 Å². The molecule has 3 aliphatic heterocycles. The van der Waals surface area contributed by atoms with Gasteiger partial charge in [0.1, 0.15) is 18.0 Å². The van der Waals surface area contributed by atoms with Gasteiger partial charge in [0.2, 0.25) is 0 Å². The third-order valence-corrected chi connectivity index (χ3v) is 9.19. The van der Waals surface area contributed by atoms with Gasteiger partial charge >= 0.3 is 5.97 Å². The molecule has 0 N–H and O–H groups in total. The molecule has 1 aromatic carbocycles. The SMILES string of the molecule is C#CCN1CCC2=C(C1)c1c(cc(C(C)CC(C)CCCCC)cc1C(=O)OCCN1CCCCC1)OC2(C)C. The summed E-state index contributed by atoms with van der Waals surface area (Å²) in [6.45, 7) is 16.9. The molecule has 40 heavy (non-hydrogen) atoms. The van der Waals surface area contributed by atoms with Crippen LogP contribution in [0.5, 0.6) is 5.75 Å². The minimum absolute atomic E-state index is 0.234. The number of hydrogen-bond donors (Lipinski definition) is 0. The predicted molar refractivity (Wildman–Crippen MR) is 165 cm³/mol. The molecule has 1 aromatic rings. The van der Waals surface area contributed by atoms with E-state index in [4.69, 9.17) is 15.9 Å². The first kappa shape index (κ1) is 30.7. The van der Waals surface area contributed by atoms with Crippen LogP contribution < -0.4 is 4.74 Å². The number of terminal acetylenes is 1. The molecule has 2 unspecified atom stereocenters. The van der Waals surface area contributed by atoms with Gasteiger partial charge in [-0.3, -0.25) is 9.80 Å². The molecule has 220 valence electrons. The van der Waals surface area contributed by atoms with Gasteiger partial charge in [-0.15, -0.1) is 6.42 Å². The molecule has 2 atom stereocenters. The van der Waals surface area contributed by atoms with E-state index < -0.39 is 5.60 Å². The number of unbranched alkanes of at least 4 members (excludes halogenated alkanes) is 2. The van der Waals surface area contributed by atoms with E-state index >= 15 is 0 Å². The minimum Gasteiger partial charge on any atom is -0.483 e. The molecule has 5 nitrogen and oxygen atoms in total. The quantitative estimate of drug-likeness (QED) is 0.156. The molecule has 5 heteroatoms. The van der Waals surface area contributed by atoms with Gasteiger partial charge in [0.25, 0.3) is 0 Å². The largest absolute Gasteiger partial charge is 0.483 e. The zero-order valence-corrected chi connectivity index (χ0v) is 25.8. The lowest BCUT2D eigenvalue weighted by Gasteiger charge is -2.42. The van der Waals surface area contributed by atoms with Gasteiger partial charge < -0.3 is 9.47 Å². The third kappa shape index (κ3) is 7.51. The van der Waals surface area contributed by atoms with Gasteiger partial charge in [-0.1, -0.05) is 58.8 Å². The highest BCUT2D eigenvalue weighted by molar-refractivity contribution is 5.99. The Hall–Kier alpha value is -2.29. The Balaban J connectivity index is 1.64. The minimum atomic E-state index is -0.421. The first-order valence-electron chi connectivity index (χ1n) is 15.9. The predicted octanol–water partition coefficient (Wildman–Crippen LogP) is 7.30. The fourth-order valence-corrected chi connectivity index (χ4v) is 6.92. The van der Waals surface area contributed by atoms with E-state index in [0.717, 1.165) is 56.9 Å². The van der Waals surface area contributed by atoms with E-state index in [2.05, 4.69) is 62.5 Å². The molecule has 3 aliphatic rings. The zero-order chi connectivity index (χ0) is 28.7. The average molecular weight is 549 g/mol. The molecule has 1 saturated heterocycles. The van der Waals surface area contributed by atoms with Crippen LogP contribution in [0.2, 0.25) is 0 Å². The van der Waals surface area contributed by atoms with Crippen LogP contribution in [-0.4, -0.2) is 67.2 Å². The molecule has 0 spiro atoms. The van der Waals surface area contributed by atoms with Crippen LogP contribution in [0.1, 0.15) is 120 Å². The highest BCUT2D eigenvalue weighted by Gasteiger charge is 2.40. The zero-order valence-electron chi connectivity index (χ0n) is 25.8. The van der Waals surface area contributed by atoms with Gasteiger partial charge in [0.05, 0.1) is 12.1 Å². The van der Waals surface area contributed by atoms with Crippen LogP contribution >= 0.6 is 0 Å². The molecular weight excluding hydrogens is 496 g/mol. The number of carbonyl (C=O) groups is 1. The van der Waals surface area contributed by atoms with Crippen molar-refractivity contribution in [3.63, 3.8) is 0 Å². The molecule has 0 aliphatic carbocycles. The molecular formula is C35H52N2O3. The molecule has 4 rings (SSSR count). The van der Waals surface area contributed by atoms with Crippen molar-refractivity contribution in [2.24, 2.45) is 5.92 Å². The van der Waals surface area contributed by atoms with Crippen molar-refractivity contribution in [2.45, 2.75) is 104 Å². The summed E-state index contributed by atoms with van der Waals surface area (Å²) in [4.78, 5) is 18.5. The third-order valence-electron chi connectivity index (χ3n) is 9.19. The molecule has 1 fully saturated rings. The summed E-state index contributed by atoms with van der Waals surface area (Å²) in [6.07, 6.45) is 16.5. The van der Waals surface area contributed by atoms with Crippen LogP contribution in [0.25, 0.3) is 5.57 Å². The number of likely N-dealkylation sites (tertiary alicyclic amines) is 1. The van der Waals surface area contributed by atoms with Crippen LogP contribution in [-0.2, 0) is 4.74 Å². The van der Waals surface area contributed by atoms with Crippen molar-refractivity contribution < 1.29 is 14.3 Å². The number of carbonyl (C=O) groups excluding carboxylic acids is 1. The number of benzene rings is 1. The normalized spacial score (nSPS) is 20.6. The molecule has 3 heterocycles. The summed E-state index contributed by atoms with van der Waals surface area (Å²) < 4.78 is 12.7. The van der Waals surface area contributed by atoms with Gasteiger partial charge in [0, 0.05) is 25.2 Å². The number of fused-ring (bicyclic) bond motifs is 2. The first-order chi connectivity index (χ1) is 19.2. The molecule has 0 bridgehead atoms. The number of piperidine rings is 1.